The molecule has 2 unspecified atom stereocenters. The maximum atomic E-state index is 11.4. The van der Waals surface area contributed by atoms with Gasteiger partial charge in [-0.2, -0.15) is 0 Å². The van der Waals surface area contributed by atoms with Crippen LogP contribution in [0.2, 0.25) is 0 Å². The number of ether oxygens (including phenoxy) is 1. The van der Waals surface area contributed by atoms with Gasteiger partial charge in [0.15, 0.2) is 0 Å². The van der Waals surface area contributed by atoms with Crippen LogP contribution in [0.25, 0.3) is 0 Å². The fourth-order valence-electron chi connectivity index (χ4n) is 2.87. The third-order valence-electron chi connectivity index (χ3n) is 3.99. The maximum Gasteiger partial charge on any atom is 0.337 e. The smallest absolute Gasteiger partial charge is 0.337 e. The van der Waals surface area contributed by atoms with E-state index in [0.717, 1.165) is 37.9 Å². The number of esters is 1. The Balaban J connectivity index is 1.87. The molecule has 4 heteroatoms. The Morgan fingerprint density at radius 3 is 2.60 bits per heavy atom. The molecule has 1 N–H and O–H groups in total. The van der Waals surface area contributed by atoms with Crippen molar-refractivity contribution in [2.24, 2.45) is 5.92 Å². The Hall–Kier alpha value is -1.39. The SMILES string of the molecule is COC(=O)c1ccc(CN(C)CC2CCCC2O)cc1. The zero-order valence-electron chi connectivity index (χ0n) is 12.2. The second kappa shape index (κ2) is 6.86. The van der Waals surface area contributed by atoms with Gasteiger partial charge in [-0.3, -0.25) is 0 Å². The van der Waals surface area contributed by atoms with E-state index in [1.165, 1.54) is 7.11 Å². The number of hydrogen-bond acceptors (Lipinski definition) is 4. The zero-order valence-corrected chi connectivity index (χ0v) is 12.2. The van der Waals surface area contributed by atoms with Gasteiger partial charge in [0.25, 0.3) is 0 Å². The van der Waals surface area contributed by atoms with E-state index in [9.17, 15) is 9.90 Å². The van der Waals surface area contributed by atoms with Crippen LogP contribution in [0.15, 0.2) is 24.3 Å². The van der Waals surface area contributed by atoms with Crippen LogP contribution in [0.5, 0.6) is 0 Å². The molecule has 1 aromatic rings. The summed E-state index contributed by atoms with van der Waals surface area (Å²) in [6, 6.07) is 7.49. The Kier molecular flexibility index (Phi) is 5.15. The number of carbonyl (C=O) groups is 1. The number of nitrogens with zero attached hydrogens (tertiary/aromatic N) is 1. The van der Waals surface area contributed by atoms with Gasteiger partial charge in [0.2, 0.25) is 0 Å². The normalized spacial score (nSPS) is 22.2. The van der Waals surface area contributed by atoms with Crippen LogP contribution >= 0.6 is 0 Å². The highest BCUT2D eigenvalue weighted by Gasteiger charge is 2.25. The summed E-state index contributed by atoms with van der Waals surface area (Å²) in [6.07, 6.45) is 3.05. The topological polar surface area (TPSA) is 49.8 Å². The number of aliphatic hydroxyl groups is 1. The quantitative estimate of drug-likeness (QED) is 0.837. The van der Waals surface area contributed by atoms with E-state index in [2.05, 4.69) is 16.7 Å². The van der Waals surface area contributed by atoms with E-state index < -0.39 is 0 Å². The first-order valence-corrected chi connectivity index (χ1v) is 7.14. The lowest BCUT2D eigenvalue weighted by molar-refractivity contribution is 0.0600. The second-order valence-electron chi connectivity index (χ2n) is 5.64. The molecule has 0 radical (unpaired) electrons. The highest BCUT2D eigenvalue weighted by Crippen LogP contribution is 2.26. The van der Waals surface area contributed by atoms with Gasteiger partial charge < -0.3 is 14.7 Å². The van der Waals surface area contributed by atoms with Gasteiger partial charge >= 0.3 is 5.97 Å². The van der Waals surface area contributed by atoms with Gasteiger partial charge in [-0.1, -0.05) is 18.6 Å². The molecule has 1 fully saturated rings. The second-order valence-corrected chi connectivity index (χ2v) is 5.64. The first-order valence-electron chi connectivity index (χ1n) is 7.14. The Morgan fingerprint density at radius 2 is 2.05 bits per heavy atom. The standard InChI is InChI=1S/C16H23NO3/c1-17(11-14-4-3-5-15(14)18)10-12-6-8-13(9-7-12)16(19)20-2/h6-9,14-15,18H,3-5,10-11H2,1-2H3. The molecule has 20 heavy (non-hydrogen) atoms. The van der Waals surface area contributed by atoms with Crippen LogP contribution in [-0.2, 0) is 11.3 Å². The average Bonchev–Trinajstić information content (AvgIpc) is 2.84. The molecule has 0 saturated heterocycles. The van der Waals surface area contributed by atoms with E-state index in [0.29, 0.717) is 11.5 Å². The molecule has 110 valence electrons. The molecule has 0 spiro atoms. The largest absolute Gasteiger partial charge is 0.465 e. The van der Waals surface area contributed by atoms with E-state index in [4.69, 9.17) is 0 Å². The molecule has 0 bridgehead atoms. The molecular weight excluding hydrogens is 254 g/mol. The Morgan fingerprint density at radius 1 is 1.35 bits per heavy atom. The summed E-state index contributed by atoms with van der Waals surface area (Å²) >= 11 is 0. The Labute approximate surface area is 120 Å². The molecule has 1 aliphatic carbocycles. The number of benzene rings is 1. The van der Waals surface area contributed by atoms with Gasteiger partial charge in [0.05, 0.1) is 18.8 Å². The summed E-state index contributed by atoms with van der Waals surface area (Å²) in [5.74, 6) is 0.0910. The molecule has 2 atom stereocenters. The maximum absolute atomic E-state index is 11.4. The minimum absolute atomic E-state index is 0.140. The van der Waals surface area contributed by atoms with Gasteiger partial charge in [0, 0.05) is 13.1 Å². The molecule has 2 rings (SSSR count). The van der Waals surface area contributed by atoms with Crippen LogP contribution in [0.1, 0.15) is 35.2 Å². The van der Waals surface area contributed by atoms with Crippen LogP contribution in [0.3, 0.4) is 0 Å². The molecule has 1 aromatic carbocycles. The van der Waals surface area contributed by atoms with Crippen molar-refractivity contribution in [3.63, 3.8) is 0 Å². The van der Waals surface area contributed by atoms with E-state index >= 15 is 0 Å². The molecule has 1 saturated carbocycles. The van der Waals surface area contributed by atoms with Crippen molar-refractivity contribution in [3.05, 3.63) is 35.4 Å². The number of aliphatic hydroxyl groups excluding tert-OH is 1. The summed E-state index contributed by atoms with van der Waals surface area (Å²) < 4.78 is 4.68. The van der Waals surface area contributed by atoms with Crippen LogP contribution in [0.4, 0.5) is 0 Å². The number of hydrogen-bond donors (Lipinski definition) is 1. The van der Waals surface area contributed by atoms with Gasteiger partial charge in [-0.25, -0.2) is 4.79 Å². The average molecular weight is 277 g/mol. The van der Waals surface area contributed by atoms with E-state index in [1.54, 1.807) is 12.1 Å². The summed E-state index contributed by atoms with van der Waals surface area (Å²) in [5, 5.41) is 9.85. The lowest BCUT2D eigenvalue weighted by atomic mass is 10.1. The summed E-state index contributed by atoms with van der Waals surface area (Å²) in [6.45, 7) is 1.74. The van der Waals surface area contributed by atoms with Crippen LogP contribution < -0.4 is 0 Å². The third-order valence-corrected chi connectivity index (χ3v) is 3.99. The predicted octanol–water partition coefficient (Wildman–Crippen LogP) is 2.07. The highest BCUT2D eigenvalue weighted by molar-refractivity contribution is 5.89. The van der Waals surface area contributed by atoms with Gasteiger partial charge in [0.1, 0.15) is 0 Å². The molecule has 4 nitrogen and oxygen atoms in total. The molecule has 0 aromatic heterocycles. The fourth-order valence-corrected chi connectivity index (χ4v) is 2.87. The molecule has 0 amide bonds. The number of carbonyl (C=O) groups excluding carboxylic acids is 1. The summed E-state index contributed by atoms with van der Waals surface area (Å²) in [7, 11) is 3.45. The summed E-state index contributed by atoms with van der Waals surface area (Å²) in [4.78, 5) is 13.6. The van der Waals surface area contributed by atoms with Crippen molar-refractivity contribution in [2.75, 3.05) is 20.7 Å². The number of rotatable bonds is 5. The van der Waals surface area contributed by atoms with Crippen molar-refractivity contribution in [1.29, 1.82) is 0 Å². The lowest BCUT2D eigenvalue weighted by Crippen LogP contribution is -2.29. The van der Waals surface area contributed by atoms with Crippen molar-refractivity contribution in [2.45, 2.75) is 31.9 Å². The van der Waals surface area contributed by atoms with Crippen LogP contribution in [0, 0.1) is 5.92 Å². The van der Waals surface area contributed by atoms with Crippen molar-refractivity contribution >= 4 is 5.97 Å². The zero-order chi connectivity index (χ0) is 14.5. The first kappa shape index (κ1) is 15.0. The monoisotopic (exact) mass is 277 g/mol. The van der Waals surface area contributed by atoms with Gasteiger partial charge in [-0.05, 0) is 43.5 Å². The minimum Gasteiger partial charge on any atom is -0.465 e. The summed E-state index contributed by atoms with van der Waals surface area (Å²) in [5.41, 5.74) is 1.73. The van der Waals surface area contributed by atoms with Crippen molar-refractivity contribution < 1.29 is 14.6 Å². The number of methoxy groups -OCH3 is 1. The van der Waals surface area contributed by atoms with E-state index in [1.807, 2.05) is 12.1 Å². The van der Waals surface area contributed by atoms with E-state index in [-0.39, 0.29) is 12.1 Å². The molecular formula is C16H23NO3. The third kappa shape index (κ3) is 3.81. The van der Waals surface area contributed by atoms with Crippen molar-refractivity contribution in [1.82, 2.24) is 4.90 Å². The van der Waals surface area contributed by atoms with Crippen LogP contribution in [-0.4, -0.2) is 42.8 Å². The fraction of sp³-hybridized carbons (Fsp3) is 0.562. The Bertz CT molecular complexity index is 444. The first-order chi connectivity index (χ1) is 9.60. The van der Waals surface area contributed by atoms with Gasteiger partial charge in [-0.15, -0.1) is 0 Å². The molecule has 0 aliphatic heterocycles. The predicted molar refractivity (Wildman–Crippen MR) is 77.5 cm³/mol. The molecule has 0 heterocycles. The minimum atomic E-state index is -0.306. The highest BCUT2D eigenvalue weighted by atomic mass is 16.5. The lowest BCUT2D eigenvalue weighted by Gasteiger charge is -2.23. The molecule has 1 aliphatic rings. The van der Waals surface area contributed by atoms with Crippen molar-refractivity contribution in [3.8, 4) is 0 Å².